The van der Waals surface area contributed by atoms with E-state index in [4.69, 9.17) is 0 Å². The molecule has 0 radical (unpaired) electrons. The Bertz CT molecular complexity index is 420. The van der Waals surface area contributed by atoms with E-state index in [9.17, 15) is 10.1 Å². The third kappa shape index (κ3) is 2.14. The molecule has 16 heavy (non-hydrogen) atoms. The molecule has 1 heterocycles. The maximum Gasteiger partial charge on any atom is 0.270 e. The van der Waals surface area contributed by atoms with Crippen LogP contribution in [0.3, 0.4) is 0 Å². The number of fused-ring (bicyclic) bond motifs is 1. The van der Waals surface area contributed by atoms with Crippen molar-refractivity contribution in [2.45, 2.75) is 18.7 Å². The molecule has 0 atom stereocenters. The van der Waals surface area contributed by atoms with Gasteiger partial charge in [-0.2, -0.15) is 0 Å². The minimum Gasteiger partial charge on any atom is -0.361 e. The van der Waals surface area contributed by atoms with E-state index in [-0.39, 0.29) is 10.6 Å². The molecule has 1 aromatic rings. The number of rotatable bonds is 3. The van der Waals surface area contributed by atoms with E-state index in [1.54, 1.807) is 23.9 Å². The van der Waals surface area contributed by atoms with Crippen molar-refractivity contribution in [2.75, 3.05) is 17.3 Å². The summed E-state index contributed by atoms with van der Waals surface area (Å²) in [5.41, 5.74) is 1.31. The Morgan fingerprint density at radius 2 is 2.31 bits per heavy atom. The first-order valence-corrected chi connectivity index (χ1v) is 6.22. The fourth-order valence-corrected chi connectivity index (χ4v) is 2.89. The van der Waals surface area contributed by atoms with Crippen molar-refractivity contribution in [1.82, 2.24) is 0 Å². The molecule has 1 aliphatic heterocycles. The Morgan fingerprint density at radius 1 is 1.56 bits per heavy atom. The molecule has 2 rings (SSSR count). The van der Waals surface area contributed by atoms with Gasteiger partial charge in [0.2, 0.25) is 0 Å². The lowest BCUT2D eigenvalue weighted by Crippen LogP contribution is -2.23. The van der Waals surface area contributed by atoms with Crippen LogP contribution in [0.2, 0.25) is 0 Å². The molecule has 0 fully saturated rings. The van der Waals surface area contributed by atoms with Crippen molar-refractivity contribution in [1.29, 1.82) is 0 Å². The first-order valence-electron chi connectivity index (χ1n) is 5.24. The monoisotopic (exact) mass is 238 g/mol. The molecule has 0 aliphatic carbocycles. The van der Waals surface area contributed by atoms with E-state index in [1.807, 2.05) is 6.07 Å². The number of benzene rings is 1. The van der Waals surface area contributed by atoms with Gasteiger partial charge in [0.15, 0.2) is 0 Å². The van der Waals surface area contributed by atoms with Crippen molar-refractivity contribution >= 4 is 23.1 Å². The van der Waals surface area contributed by atoms with Crippen molar-refractivity contribution in [2.24, 2.45) is 5.92 Å². The Kier molecular flexibility index (Phi) is 3.05. The van der Waals surface area contributed by atoms with E-state index in [0.29, 0.717) is 5.92 Å². The van der Waals surface area contributed by atoms with E-state index in [1.165, 1.54) is 0 Å². The molecule has 0 saturated heterocycles. The summed E-state index contributed by atoms with van der Waals surface area (Å²) in [5.74, 6) is 1.50. The number of thioether (sulfide) groups is 1. The number of nitro benzene ring substituents is 1. The number of nitro groups is 1. The Balaban J connectivity index is 2.25. The Morgan fingerprint density at radius 3 is 2.94 bits per heavy atom. The molecule has 4 nitrogen and oxygen atoms in total. The summed E-state index contributed by atoms with van der Waals surface area (Å²) in [4.78, 5) is 13.6. The fourth-order valence-electron chi connectivity index (χ4n) is 1.80. The molecule has 0 spiro atoms. The summed E-state index contributed by atoms with van der Waals surface area (Å²) < 4.78 is 0. The van der Waals surface area contributed by atoms with Crippen LogP contribution in [0, 0.1) is 16.0 Å². The number of hydrogen-bond acceptors (Lipinski definition) is 4. The highest BCUT2D eigenvalue weighted by Crippen LogP contribution is 2.40. The maximum atomic E-state index is 10.6. The van der Waals surface area contributed by atoms with Crippen LogP contribution in [0.4, 0.5) is 11.4 Å². The van der Waals surface area contributed by atoms with Gasteiger partial charge < -0.3 is 4.90 Å². The Hall–Kier alpha value is -1.23. The minimum absolute atomic E-state index is 0.178. The summed E-state index contributed by atoms with van der Waals surface area (Å²) >= 11 is 1.67. The highest BCUT2D eigenvalue weighted by molar-refractivity contribution is 7.99. The second-order valence-electron chi connectivity index (χ2n) is 4.30. The molecule has 0 N–H and O–H groups in total. The van der Waals surface area contributed by atoms with Gasteiger partial charge in [0.1, 0.15) is 0 Å². The van der Waals surface area contributed by atoms with Gasteiger partial charge in [-0.1, -0.05) is 13.8 Å². The second-order valence-corrected chi connectivity index (χ2v) is 5.29. The minimum atomic E-state index is -0.341. The molecule has 0 aromatic heterocycles. The average molecular weight is 238 g/mol. The Labute approximate surface area is 98.8 Å². The first-order chi connectivity index (χ1) is 7.58. The zero-order valence-electron chi connectivity index (χ0n) is 9.34. The van der Waals surface area contributed by atoms with Gasteiger partial charge in [0.25, 0.3) is 5.69 Å². The van der Waals surface area contributed by atoms with Crippen LogP contribution in [0.5, 0.6) is 0 Å². The van der Waals surface area contributed by atoms with Gasteiger partial charge in [0.05, 0.1) is 16.5 Å². The number of nitrogens with zero attached hydrogens (tertiary/aromatic N) is 2. The third-order valence-corrected chi connectivity index (χ3v) is 3.54. The summed E-state index contributed by atoms with van der Waals surface area (Å²) in [7, 11) is 0. The smallest absolute Gasteiger partial charge is 0.270 e. The summed E-state index contributed by atoms with van der Waals surface area (Å²) in [6.45, 7) is 5.35. The van der Waals surface area contributed by atoms with Crippen LogP contribution in [0.25, 0.3) is 0 Å². The topological polar surface area (TPSA) is 46.4 Å². The van der Waals surface area contributed by atoms with Crippen LogP contribution in [0.1, 0.15) is 13.8 Å². The maximum absolute atomic E-state index is 10.6. The van der Waals surface area contributed by atoms with E-state index < -0.39 is 0 Å². The SMILES string of the molecule is CC(C)CN1CSc2cc([N+](=O)[O-])ccc21. The molecule has 1 aliphatic rings. The summed E-state index contributed by atoms with van der Waals surface area (Å²) in [6, 6.07) is 5.11. The lowest BCUT2D eigenvalue weighted by Gasteiger charge is -2.20. The van der Waals surface area contributed by atoms with Gasteiger partial charge in [-0.3, -0.25) is 10.1 Å². The molecular formula is C11H14N2O2S. The molecule has 5 heteroatoms. The molecule has 0 saturated carbocycles. The number of hydrogen-bond donors (Lipinski definition) is 0. The first kappa shape index (κ1) is 11.3. The standard InChI is InChI=1S/C11H14N2O2S/c1-8(2)6-12-7-16-11-5-9(13(14)15)3-4-10(11)12/h3-5,8H,6-7H2,1-2H3. The quantitative estimate of drug-likeness (QED) is 0.599. The van der Waals surface area contributed by atoms with E-state index in [2.05, 4.69) is 18.7 Å². The highest BCUT2D eigenvalue weighted by atomic mass is 32.2. The van der Waals surface area contributed by atoms with Crippen molar-refractivity contribution in [3.05, 3.63) is 28.3 Å². The predicted octanol–water partition coefficient (Wildman–Crippen LogP) is 3.12. The molecular weight excluding hydrogens is 224 g/mol. The fraction of sp³-hybridized carbons (Fsp3) is 0.455. The zero-order valence-corrected chi connectivity index (χ0v) is 10.2. The average Bonchev–Trinajstić information content (AvgIpc) is 2.60. The van der Waals surface area contributed by atoms with Crippen LogP contribution in [0.15, 0.2) is 23.1 Å². The van der Waals surface area contributed by atoms with E-state index in [0.717, 1.165) is 23.0 Å². The van der Waals surface area contributed by atoms with Crippen LogP contribution in [-0.4, -0.2) is 17.3 Å². The molecule has 0 amide bonds. The summed E-state index contributed by atoms with van der Waals surface area (Å²) in [6.07, 6.45) is 0. The van der Waals surface area contributed by atoms with Gasteiger partial charge in [-0.15, -0.1) is 11.8 Å². The largest absolute Gasteiger partial charge is 0.361 e. The van der Waals surface area contributed by atoms with Crippen LogP contribution < -0.4 is 4.90 Å². The van der Waals surface area contributed by atoms with Gasteiger partial charge in [-0.05, 0) is 12.0 Å². The van der Waals surface area contributed by atoms with Gasteiger partial charge >= 0.3 is 0 Å². The number of non-ortho nitro benzene ring substituents is 1. The summed E-state index contributed by atoms with van der Waals surface area (Å²) in [5, 5.41) is 10.6. The van der Waals surface area contributed by atoms with Gasteiger partial charge in [-0.25, -0.2) is 0 Å². The third-order valence-electron chi connectivity index (χ3n) is 2.46. The van der Waals surface area contributed by atoms with Crippen molar-refractivity contribution in [3.8, 4) is 0 Å². The second kappa shape index (κ2) is 4.33. The molecule has 86 valence electrons. The highest BCUT2D eigenvalue weighted by Gasteiger charge is 2.22. The van der Waals surface area contributed by atoms with Crippen LogP contribution >= 0.6 is 11.8 Å². The molecule has 0 unspecified atom stereocenters. The molecule has 0 bridgehead atoms. The van der Waals surface area contributed by atoms with E-state index >= 15 is 0 Å². The van der Waals surface area contributed by atoms with Crippen LogP contribution in [-0.2, 0) is 0 Å². The number of anilines is 1. The molecule has 1 aromatic carbocycles. The van der Waals surface area contributed by atoms with Gasteiger partial charge in [0, 0.05) is 23.6 Å². The lowest BCUT2D eigenvalue weighted by molar-refractivity contribution is -0.385. The lowest BCUT2D eigenvalue weighted by atomic mass is 10.2. The zero-order chi connectivity index (χ0) is 11.7. The predicted molar refractivity (Wildman–Crippen MR) is 66.0 cm³/mol. The van der Waals surface area contributed by atoms with Crippen molar-refractivity contribution in [3.63, 3.8) is 0 Å². The van der Waals surface area contributed by atoms with Crippen molar-refractivity contribution < 1.29 is 4.92 Å². The normalized spacial score (nSPS) is 14.3.